The largest absolute Gasteiger partial charge is 0.861 e. The first kappa shape index (κ1) is 11.8. The molecule has 1 saturated carbocycles. The zero-order chi connectivity index (χ0) is 13.1. The summed E-state index contributed by atoms with van der Waals surface area (Å²) in [6.45, 7) is 0. The Kier molecular flexibility index (Phi) is 2.98. The Hall–Kier alpha value is -2.24. The summed E-state index contributed by atoms with van der Waals surface area (Å²) >= 11 is 0. The maximum atomic E-state index is 12.5. The minimum Gasteiger partial charge on any atom is -0.861 e. The van der Waals surface area contributed by atoms with Crippen molar-refractivity contribution in [2.45, 2.75) is 31.1 Å². The van der Waals surface area contributed by atoms with Gasteiger partial charge in [-0.1, -0.05) is 48.3 Å². The van der Waals surface area contributed by atoms with E-state index in [1.54, 1.807) is 0 Å². The second-order valence-electron chi connectivity index (χ2n) is 4.78. The molecule has 1 aromatic heterocycles. The van der Waals surface area contributed by atoms with Gasteiger partial charge < -0.3 is 5.11 Å². The number of nitrogens with zero attached hydrogens (tertiary/aromatic N) is 4. The average molecular weight is 256 g/mol. The summed E-state index contributed by atoms with van der Waals surface area (Å²) in [6.07, 6.45) is 3.75. The molecule has 3 rings (SSSR count). The first-order chi connectivity index (χ1) is 9.31. The topological polar surface area (TPSA) is 89.9 Å². The van der Waals surface area contributed by atoms with Crippen LogP contribution < -0.4 is 5.11 Å². The fraction of sp³-hybridized carbons (Fsp3) is 0.385. The van der Waals surface area contributed by atoms with E-state index in [1.165, 1.54) is 0 Å². The Morgan fingerprint density at radius 2 is 1.95 bits per heavy atom. The lowest BCUT2D eigenvalue weighted by molar-refractivity contribution is -0.225. The van der Waals surface area contributed by atoms with E-state index in [4.69, 9.17) is 0 Å². The zero-order valence-corrected chi connectivity index (χ0v) is 10.4. The maximum absolute atomic E-state index is 12.5. The van der Waals surface area contributed by atoms with E-state index in [9.17, 15) is 5.11 Å². The smallest absolute Gasteiger partial charge is 0.288 e. The number of aliphatic imine (C=N–C) groups is 1. The number of aromatic nitrogens is 4. The summed E-state index contributed by atoms with van der Waals surface area (Å²) in [7, 11) is 0. The van der Waals surface area contributed by atoms with Crippen molar-refractivity contribution >= 4 is 11.8 Å². The standard InChI is InChI=1S/C13H15N5O/c19-11(14-12-15-17-18-16-12)13(8-4-5-9-13)10-6-2-1-3-7-10/h1-3,6-7H,4-5,8-9H2,(H2,14,15,16,17,18,19)/p-1. The molecule has 0 unspecified atom stereocenters. The van der Waals surface area contributed by atoms with Gasteiger partial charge >= 0.3 is 0 Å². The summed E-state index contributed by atoms with van der Waals surface area (Å²) in [6, 6.07) is 9.85. The summed E-state index contributed by atoms with van der Waals surface area (Å²) in [4.78, 5) is 3.99. The van der Waals surface area contributed by atoms with Crippen LogP contribution in [0.25, 0.3) is 0 Å². The highest BCUT2D eigenvalue weighted by atomic mass is 16.3. The molecular weight excluding hydrogens is 242 g/mol. The molecule has 0 saturated heterocycles. The molecule has 0 aliphatic heterocycles. The minimum absolute atomic E-state index is 0.104. The van der Waals surface area contributed by atoms with Crippen LogP contribution in [-0.4, -0.2) is 26.5 Å². The number of H-pyrrole nitrogens is 1. The Labute approximate surface area is 110 Å². The highest BCUT2D eigenvalue weighted by molar-refractivity contribution is 5.86. The second kappa shape index (κ2) is 4.79. The lowest BCUT2D eigenvalue weighted by Crippen LogP contribution is -2.41. The van der Waals surface area contributed by atoms with E-state index in [-0.39, 0.29) is 11.8 Å². The normalized spacial score (nSPS) is 18.6. The van der Waals surface area contributed by atoms with Crippen molar-refractivity contribution in [3.8, 4) is 0 Å². The first-order valence-corrected chi connectivity index (χ1v) is 6.36. The lowest BCUT2D eigenvalue weighted by atomic mass is 9.78. The van der Waals surface area contributed by atoms with Gasteiger partial charge in [-0.15, -0.1) is 5.10 Å². The molecule has 0 bridgehead atoms. The minimum atomic E-state index is -0.512. The summed E-state index contributed by atoms with van der Waals surface area (Å²) in [5.74, 6) is -0.0650. The van der Waals surface area contributed by atoms with E-state index in [2.05, 4.69) is 25.6 Å². The summed E-state index contributed by atoms with van der Waals surface area (Å²) < 4.78 is 0. The lowest BCUT2D eigenvalue weighted by Gasteiger charge is -2.34. The molecule has 1 heterocycles. The van der Waals surface area contributed by atoms with Crippen molar-refractivity contribution in [3.05, 3.63) is 35.9 Å². The van der Waals surface area contributed by atoms with Crippen LogP contribution in [0.15, 0.2) is 35.3 Å². The Morgan fingerprint density at radius 3 is 2.58 bits per heavy atom. The van der Waals surface area contributed by atoms with Gasteiger partial charge in [0.05, 0.1) is 0 Å². The third-order valence-corrected chi connectivity index (χ3v) is 3.73. The number of rotatable bonds is 3. The van der Waals surface area contributed by atoms with E-state index >= 15 is 0 Å². The Balaban J connectivity index is 2.02. The molecule has 0 atom stereocenters. The van der Waals surface area contributed by atoms with Gasteiger partial charge in [-0.05, 0) is 29.5 Å². The van der Waals surface area contributed by atoms with Gasteiger partial charge in [0.15, 0.2) is 0 Å². The van der Waals surface area contributed by atoms with E-state index in [1.807, 2.05) is 30.3 Å². The van der Waals surface area contributed by atoms with Gasteiger partial charge in [0.1, 0.15) is 0 Å². The molecular formula is C13H14N5O-. The van der Waals surface area contributed by atoms with Crippen LogP contribution in [0.1, 0.15) is 31.2 Å². The third kappa shape index (κ3) is 2.09. The van der Waals surface area contributed by atoms with E-state index < -0.39 is 5.41 Å². The molecule has 6 nitrogen and oxygen atoms in total. The second-order valence-corrected chi connectivity index (χ2v) is 4.78. The SMILES string of the molecule is [O-]C(=Nc1nn[nH]n1)C1(c2ccccc2)CCCC1. The Morgan fingerprint density at radius 1 is 1.21 bits per heavy atom. The maximum Gasteiger partial charge on any atom is 0.288 e. The predicted molar refractivity (Wildman–Crippen MR) is 67.9 cm³/mol. The van der Waals surface area contributed by atoms with Gasteiger partial charge in [0.2, 0.25) is 0 Å². The van der Waals surface area contributed by atoms with Crippen molar-refractivity contribution in [1.82, 2.24) is 20.6 Å². The van der Waals surface area contributed by atoms with Crippen LogP contribution in [0.3, 0.4) is 0 Å². The molecule has 1 N–H and O–H groups in total. The summed E-state index contributed by atoms with van der Waals surface area (Å²) in [5.41, 5.74) is 0.520. The van der Waals surface area contributed by atoms with Gasteiger partial charge in [-0.3, -0.25) is 0 Å². The molecule has 1 aliphatic rings. The average Bonchev–Trinajstić information content (AvgIpc) is 3.11. The predicted octanol–water partition coefficient (Wildman–Crippen LogP) is 1.10. The molecule has 1 aliphatic carbocycles. The molecule has 98 valence electrons. The van der Waals surface area contributed by atoms with Crippen molar-refractivity contribution in [3.63, 3.8) is 0 Å². The molecule has 1 fully saturated rings. The Bertz CT molecular complexity index is 558. The van der Waals surface area contributed by atoms with Crippen LogP contribution in [0.2, 0.25) is 0 Å². The number of nitrogens with one attached hydrogen (secondary N) is 1. The van der Waals surface area contributed by atoms with Crippen LogP contribution in [0.5, 0.6) is 0 Å². The van der Waals surface area contributed by atoms with Gasteiger partial charge in [0.25, 0.3) is 5.95 Å². The number of aromatic amines is 1. The summed E-state index contributed by atoms with van der Waals surface area (Å²) in [5, 5.41) is 25.7. The number of hydrogen-bond acceptors (Lipinski definition) is 5. The van der Waals surface area contributed by atoms with Gasteiger partial charge in [-0.2, -0.15) is 5.21 Å². The highest BCUT2D eigenvalue weighted by Crippen LogP contribution is 2.41. The van der Waals surface area contributed by atoms with Crippen molar-refractivity contribution < 1.29 is 5.11 Å². The van der Waals surface area contributed by atoms with Crippen LogP contribution in [-0.2, 0) is 5.41 Å². The van der Waals surface area contributed by atoms with Crippen LogP contribution in [0.4, 0.5) is 5.95 Å². The molecule has 1 aromatic carbocycles. The van der Waals surface area contributed by atoms with E-state index in [0.29, 0.717) is 0 Å². The van der Waals surface area contributed by atoms with Crippen molar-refractivity contribution in [2.24, 2.45) is 4.99 Å². The quantitative estimate of drug-likeness (QED) is 0.657. The number of tetrazole rings is 1. The van der Waals surface area contributed by atoms with Crippen LogP contribution >= 0.6 is 0 Å². The molecule has 0 amide bonds. The fourth-order valence-corrected chi connectivity index (χ4v) is 2.76. The molecule has 0 spiro atoms. The monoisotopic (exact) mass is 256 g/mol. The molecule has 0 radical (unpaired) electrons. The number of benzene rings is 1. The van der Waals surface area contributed by atoms with Gasteiger partial charge in [0, 0.05) is 5.41 Å². The molecule has 6 heteroatoms. The van der Waals surface area contributed by atoms with E-state index in [0.717, 1.165) is 31.2 Å². The van der Waals surface area contributed by atoms with Crippen molar-refractivity contribution in [1.29, 1.82) is 0 Å². The first-order valence-electron chi connectivity index (χ1n) is 6.36. The highest BCUT2D eigenvalue weighted by Gasteiger charge is 2.36. The van der Waals surface area contributed by atoms with Gasteiger partial charge in [-0.25, -0.2) is 4.99 Å². The zero-order valence-electron chi connectivity index (χ0n) is 10.4. The van der Waals surface area contributed by atoms with Crippen molar-refractivity contribution in [2.75, 3.05) is 0 Å². The number of hydrogen-bond donors (Lipinski definition) is 1. The molecule has 19 heavy (non-hydrogen) atoms. The molecule has 2 aromatic rings. The third-order valence-electron chi connectivity index (χ3n) is 3.73. The fourth-order valence-electron chi connectivity index (χ4n) is 2.76. The van der Waals surface area contributed by atoms with Crippen LogP contribution in [0, 0.1) is 0 Å².